The highest BCUT2D eigenvalue weighted by molar-refractivity contribution is 5.85. The second-order valence-corrected chi connectivity index (χ2v) is 8.16. The van der Waals surface area contributed by atoms with Gasteiger partial charge in [0.2, 0.25) is 5.91 Å². The van der Waals surface area contributed by atoms with E-state index in [2.05, 4.69) is 22.8 Å². The number of ether oxygens (including phenoxy) is 2. The lowest BCUT2D eigenvalue weighted by Crippen LogP contribution is -2.46. The number of nitrogens with one attached hydrogen (secondary N) is 2. The van der Waals surface area contributed by atoms with Crippen LogP contribution in [0.2, 0.25) is 0 Å². The largest absolute Gasteiger partial charge is 0.481 e. The molecule has 168 valence electrons. The number of hydrogen-bond acceptors (Lipinski definition) is 5. The summed E-state index contributed by atoms with van der Waals surface area (Å²) in [5.41, 5.74) is 4.51. The molecule has 1 saturated heterocycles. The molecule has 2 amide bonds. The van der Waals surface area contributed by atoms with E-state index in [1.54, 1.807) is 6.92 Å². The molecule has 8 nitrogen and oxygen atoms in total. The first kappa shape index (κ1) is 21.8. The molecule has 2 aromatic rings. The fourth-order valence-corrected chi connectivity index (χ4v) is 4.27. The van der Waals surface area contributed by atoms with E-state index in [9.17, 15) is 14.4 Å². The number of aliphatic carboxylic acids is 1. The third kappa shape index (κ3) is 4.60. The summed E-state index contributed by atoms with van der Waals surface area (Å²) in [5, 5.41) is 14.2. The van der Waals surface area contributed by atoms with Crippen molar-refractivity contribution in [2.24, 2.45) is 5.92 Å². The summed E-state index contributed by atoms with van der Waals surface area (Å²) in [7, 11) is 0. The normalized spacial score (nSPS) is 20.2. The molecule has 0 spiro atoms. The van der Waals surface area contributed by atoms with Crippen LogP contribution in [-0.2, 0) is 19.1 Å². The van der Waals surface area contributed by atoms with E-state index in [-0.39, 0.29) is 37.7 Å². The molecule has 3 atom stereocenters. The van der Waals surface area contributed by atoms with Gasteiger partial charge in [0, 0.05) is 12.5 Å². The summed E-state index contributed by atoms with van der Waals surface area (Å²) >= 11 is 0. The minimum Gasteiger partial charge on any atom is -0.481 e. The third-order valence-corrected chi connectivity index (χ3v) is 6.01. The topological polar surface area (TPSA) is 114 Å². The van der Waals surface area contributed by atoms with Crippen molar-refractivity contribution in [2.75, 3.05) is 19.8 Å². The van der Waals surface area contributed by atoms with Gasteiger partial charge in [0.15, 0.2) is 0 Å². The van der Waals surface area contributed by atoms with Crippen LogP contribution in [0.1, 0.15) is 30.4 Å². The van der Waals surface area contributed by atoms with E-state index in [4.69, 9.17) is 14.6 Å². The highest BCUT2D eigenvalue weighted by Gasteiger charge is 2.32. The van der Waals surface area contributed by atoms with Crippen molar-refractivity contribution < 1.29 is 29.0 Å². The van der Waals surface area contributed by atoms with Gasteiger partial charge in [-0.1, -0.05) is 48.5 Å². The Kier molecular flexibility index (Phi) is 6.41. The summed E-state index contributed by atoms with van der Waals surface area (Å²) in [6.45, 7) is 2.07. The Balaban J connectivity index is 1.26. The van der Waals surface area contributed by atoms with Gasteiger partial charge in [0.1, 0.15) is 12.6 Å². The van der Waals surface area contributed by atoms with Crippen LogP contribution < -0.4 is 10.6 Å². The van der Waals surface area contributed by atoms with Gasteiger partial charge in [-0.25, -0.2) is 4.79 Å². The van der Waals surface area contributed by atoms with Crippen LogP contribution in [0.25, 0.3) is 11.1 Å². The number of rotatable bonds is 7. The van der Waals surface area contributed by atoms with Gasteiger partial charge in [0.25, 0.3) is 0 Å². The van der Waals surface area contributed by atoms with E-state index in [1.807, 2.05) is 36.4 Å². The van der Waals surface area contributed by atoms with Gasteiger partial charge in [-0.2, -0.15) is 0 Å². The van der Waals surface area contributed by atoms with Crippen molar-refractivity contribution in [3.05, 3.63) is 59.7 Å². The molecule has 0 unspecified atom stereocenters. The first-order valence-corrected chi connectivity index (χ1v) is 10.7. The molecule has 1 aliphatic carbocycles. The van der Waals surface area contributed by atoms with Crippen LogP contribution in [0.3, 0.4) is 0 Å². The van der Waals surface area contributed by atoms with Crippen LogP contribution in [0.15, 0.2) is 48.5 Å². The van der Waals surface area contributed by atoms with Crippen LogP contribution >= 0.6 is 0 Å². The highest BCUT2D eigenvalue weighted by atomic mass is 16.5. The molecular formula is C24H26N2O6. The predicted octanol–water partition coefficient (Wildman–Crippen LogP) is 2.52. The molecule has 2 aliphatic rings. The molecule has 0 radical (unpaired) electrons. The van der Waals surface area contributed by atoms with Crippen LogP contribution in [0.4, 0.5) is 4.79 Å². The van der Waals surface area contributed by atoms with E-state index < -0.39 is 24.0 Å². The molecule has 0 saturated carbocycles. The molecule has 1 heterocycles. The Morgan fingerprint density at radius 3 is 2.31 bits per heavy atom. The standard InChI is InChI=1S/C24H26N2O6/c1-14(22(27)25-11-16-10-15(12-31-16)23(28)29)26-24(30)32-13-21-19-8-4-2-6-17(19)18-7-3-5-9-20(18)21/h2-9,14-16,21H,10-13H2,1H3,(H,25,27)(H,26,30)(H,28,29)/t14-,15-,16-/m0/s1. The number of amides is 2. The van der Waals surface area contributed by atoms with Gasteiger partial charge < -0.3 is 25.2 Å². The Hall–Kier alpha value is -3.39. The number of benzene rings is 2. The van der Waals surface area contributed by atoms with Crippen molar-refractivity contribution >= 4 is 18.0 Å². The minimum absolute atomic E-state index is 0.0565. The van der Waals surface area contributed by atoms with E-state index in [1.165, 1.54) is 0 Å². The Labute approximate surface area is 185 Å². The minimum atomic E-state index is -0.899. The second-order valence-electron chi connectivity index (χ2n) is 8.16. The predicted molar refractivity (Wildman–Crippen MR) is 116 cm³/mol. The fraction of sp³-hybridized carbons (Fsp3) is 0.375. The van der Waals surface area contributed by atoms with E-state index in [0.29, 0.717) is 6.42 Å². The van der Waals surface area contributed by atoms with Gasteiger partial charge in [-0.15, -0.1) is 0 Å². The lowest BCUT2D eigenvalue weighted by Gasteiger charge is -2.18. The first-order chi connectivity index (χ1) is 15.4. The molecule has 0 aromatic heterocycles. The monoisotopic (exact) mass is 438 g/mol. The number of carbonyl (C=O) groups excluding carboxylic acids is 2. The van der Waals surface area contributed by atoms with Crippen molar-refractivity contribution in [1.82, 2.24) is 10.6 Å². The number of carboxylic acids is 1. The van der Waals surface area contributed by atoms with Gasteiger partial charge in [-0.05, 0) is 35.6 Å². The summed E-state index contributed by atoms with van der Waals surface area (Å²) in [6, 6.07) is 15.3. The molecule has 3 N–H and O–H groups in total. The molecule has 1 aliphatic heterocycles. The van der Waals surface area contributed by atoms with Gasteiger partial charge in [0.05, 0.1) is 18.6 Å². The van der Waals surface area contributed by atoms with E-state index in [0.717, 1.165) is 22.3 Å². The summed E-state index contributed by atoms with van der Waals surface area (Å²) < 4.78 is 10.8. The highest BCUT2D eigenvalue weighted by Crippen LogP contribution is 2.44. The summed E-state index contributed by atoms with van der Waals surface area (Å²) in [6.07, 6.45) is -0.664. The zero-order valence-corrected chi connectivity index (χ0v) is 17.7. The number of hydrogen-bond donors (Lipinski definition) is 3. The van der Waals surface area contributed by atoms with Crippen molar-refractivity contribution in [3.63, 3.8) is 0 Å². The molecule has 32 heavy (non-hydrogen) atoms. The average Bonchev–Trinajstić information content (AvgIpc) is 3.39. The molecule has 8 heteroatoms. The first-order valence-electron chi connectivity index (χ1n) is 10.7. The zero-order valence-electron chi connectivity index (χ0n) is 17.7. The van der Waals surface area contributed by atoms with Gasteiger partial charge in [-0.3, -0.25) is 9.59 Å². The molecular weight excluding hydrogens is 412 g/mol. The van der Waals surface area contributed by atoms with Gasteiger partial charge >= 0.3 is 12.1 Å². The number of fused-ring (bicyclic) bond motifs is 3. The van der Waals surface area contributed by atoms with Crippen LogP contribution in [0.5, 0.6) is 0 Å². The smallest absolute Gasteiger partial charge is 0.407 e. The number of alkyl carbamates (subject to hydrolysis) is 1. The Morgan fingerprint density at radius 2 is 1.72 bits per heavy atom. The SMILES string of the molecule is C[C@H](NC(=O)OCC1c2ccccc2-c2ccccc21)C(=O)NC[C@@H]1C[C@H](C(=O)O)CO1. The fourth-order valence-electron chi connectivity index (χ4n) is 4.27. The van der Waals surface area contributed by atoms with Crippen molar-refractivity contribution in [1.29, 1.82) is 0 Å². The Morgan fingerprint density at radius 1 is 1.09 bits per heavy atom. The molecule has 1 fully saturated rings. The maximum absolute atomic E-state index is 12.3. The number of carbonyl (C=O) groups is 3. The number of carboxylic acid groups (broad SMARTS) is 1. The maximum Gasteiger partial charge on any atom is 0.407 e. The van der Waals surface area contributed by atoms with Crippen LogP contribution in [0, 0.1) is 5.92 Å². The lowest BCUT2D eigenvalue weighted by atomic mass is 9.98. The maximum atomic E-state index is 12.3. The molecule has 0 bridgehead atoms. The van der Waals surface area contributed by atoms with Crippen LogP contribution in [-0.4, -0.2) is 55.0 Å². The second kappa shape index (κ2) is 9.40. The zero-order chi connectivity index (χ0) is 22.7. The Bertz CT molecular complexity index is 978. The molecule has 4 rings (SSSR count). The van der Waals surface area contributed by atoms with Crippen molar-refractivity contribution in [2.45, 2.75) is 31.4 Å². The average molecular weight is 438 g/mol. The lowest BCUT2D eigenvalue weighted by molar-refractivity contribution is -0.141. The summed E-state index contributed by atoms with van der Waals surface area (Å²) in [5.74, 6) is -1.89. The van der Waals surface area contributed by atoms with E-state index >= 15 is 0 Å². The quantitative estimate of drug-likeness (QED) is 0.612. The molecule has 2 aromatic carbocycles. The summed E-state index contributed by atoms with van der Waals surface area (Å²) in [4.78, 5) is 35.6. The third-order valence-electron chi connectivity index (χ3n) is 6.01. The van der Waals surface area contributed by atoms with Crippen molar-refractivity contribution in [3.8, 4) is 11.1 Å².